The van der Waals surface area contributed by atoms with Gasteiger partial charge in [0.1, 0.15) is 0 Å². The second-order valence-corrected chi connectivity index (χ2v) is 6.98. The summed E-state index contributed by atoms with van der Waals surface area (Å²) >= 11 is 1.78. The smallest absolute Gasteiger partial charge is 0.194 e. The van der Waals surface area contributed by atoms with Crippen molar-refractivity contribution in [2.45, 2.75) is 33.7 Å². The van der Waals surface area contributed by atoms with Gasteiger partial charge in [-0.1, -0.05) is 0 Å². The average molecular weight is 461 g/mol. The summed E-state index contributed by atoms with van der Waals surface area (Å²) in [5.74, 6) is 0.951. The zero-order chi connectivity index (χ0) is 16.8. The van der Waals surface area contributed by atoms with Crippen LogP contribution in [-0.2, 0) is 20.0 Å². The fourth-order valence-electron chi connectivity index (χ4n) is 2.52. The van der Waals surface area contributed by atoms with Crippen molar-refractivity contribution in [3.8, 4) is 0 Å². The lowest BCUT2D eigenvalue weighted by Gasteiger charge is -2.22. The maximum absolute atomic E-state index is 4.77. The Balaban J connectivity index is 0.00000288. The summed E-state index contributed by atoms with van der Waals surface area (Å²) in [5, 5.41) is 4.51. The van der Waals surface area contributed by atoms with Gasteiger partial charge < -0.3 is 14.8 Å². The molecule has 0 aliphatic heterocycles. The predicted octanol–water partition coefficient (Wildman–Crippen LogP) is 3.36. The first kappa shape index (κ1) is 21.0. The summed E-state index contributed by atoms with van der Waals surface area (Å²) in [6.45, 7) is 8.73. The van der Waals surface area contributed by atoms with E-state index in [0.29, 0.717) is 0 Å². The lowest BCUT2D eigenvalue weighted by Crippen LogP contribution is -2.39. The normalized spacial score (nSPS) is 11.3. The minimum atomic E-state index is 0. The van der Waals surface area contributed by atoms with Crippen molar-refractivity contribution in [1.82, 2.24) is 19.8 Å². The molecule has 0 spiro atoms. The van der Waals surface area contributed by atoms with E-state index in [0.717, 1.165) is 42.7 Å². The zero-order valence-corrected chi connectivity index (χ0v) is 18.3. The Kier molecular flexibility index (Phi) is 8.75. The molecule has 0 saturated carbocycles. The Morgan fingerprint density at radius 1 is 1.42 bits per heavy atom. The van der Waals surface area contributed by atoms with Gasteiger partial charge in [0.2, 0.25) is 0 Å². The predicted molar refractivity (Wildman–Crippen MR) is 114 cm³/mol. The minimum Gasteiger partial charge on any atom is -0.357 e. The molecule has 7 heteroatoms. The van der Waals surface area contributed by atoms with Gasteiger partial charge in [0.05, 0.1) is 17.2 Å². The molecule has 0 unspecified atom stereocenters. The number of nitrogens with one attached hydrogen (secondary N) is 1. The maximum atomic E-state index is 4.77. The van der Waals surface area contributed by atoms with E-state index in [2.05, 4.69) is 73.0 Å². The molecule has 0 aliphatic carbocycles. The van der Waals surface area contributed by atoms with Crippen LogP contribution < -0.4 is 5.32 Å². The van der Waals surface area contributed by atoms with Crippen LogP contribution in [-0.4, -0.2) is 40.5 Å². The van der Waals surface area contributed by atoms with Gasteiger partial charge in [-0.2, -0.15) is 0 Å². The summed E-state index contributed by atoms with van der Waals surface area (Å²) in [7, 11) is 4.15. The van der Waals surface area contributed by atoms with E-state index in [1.807, 2.05) is 0 Å². The maximum Gasteiger partial charge on any atom is 0.194 e. The standard InChI is InChI=1S/C17H27N5S.HI/c1-6-18-17(22(5)12-15-8-7-11-21(15)4)19-10-9-16-13(2)20-14(3)23-16;/h7-8,11H,6,9-10,12H2,1-5H3,(H,18,19);1H. The molecule has 2 aromatic rings. The fourth-order valence-corrected chi connectivity index (χ4v) is 3.44. The van der Waals surface area contributed by atoms with Crippen molar-refractivity contribution in [3.63, 3.8) is 0 Å². The van der Waals surface area contributed by atoms with Crippen LogP contribution in [0.15, 0.2) is 23.3 Å². The first-order valence-electron chi connectivity index (χ1n) is 8.03. The number of hydrogen-bond donors (Lipinski definition) is 1. The molecule has 0 saturated heterocycles. The van der Waals surface area contributed by atoms with Gasteiger partial charge in [-0.3, -0.25) is 4.99 Å². The lowest BCUT2D eigenvalue weighted by atomic mass is 10.3. The molecule has 2 heterocycles. The highest BCUT2D eigenvalue weighted by atomic mass is 127. The number of aryl methyl sites for hydroxylation is 3. The van der Waals surface area contributed by atoms with Crippen LogP contribution in [0.5, 0.6) is 0 Å². The highest BCUT2D eigenvalue weighted by Crippen LogP contribution is 2.17. The van der Waals surface area contributed by atoms with Crippen molar-refractivity contribution in [2.24, 2.45) is 12.0 Å². The van der Waals surface area contributed by atoms with Gasteiger partial charge in [-0.15, -0.1) is 35.3 Å². The largest absolute Gasteiger partial charge is 0.357 e. The SMILES string of the molecule is CCNC(=NCCc1sc(C)nc1C)N(C)Cc1cccn1C.I. The van der Waals surface area contributed by atoms with Crippen LogP contribution in [0.25, 0.3) is 0 Å². The number of halogens is 1. The molecule has 5 nitrogen and oxygen atoms in total. The van der Waals surface area contributed by atoms with Gasteiger partial charge in [-0.05, 0) is 32.9 Å². The summed E-state index contributed by atoms with van der Waals surface area (Å²) < 4.78 is 2.14. The third kappa shape index (κ3) is 5.77. The van der Waals surface area contributed by atoms with Crippen LogP contribution in [0.2, 0.25) is 0 Å². The zero-order valence-electron chi connectivity index (χ0n) is 15.2. The Bertz CT molecular complexity index is 662. The molecular weight excluding hydrogens is 433 g/mol. The van der Waals surface area contributed by atoms with E-state index < -0.39 is 0 Å². The van der Waals surface area contributed by atoms with Crippen molar-refractivity contribution < 1.29 is 0 Å². The number of nitrogens with zero attached hydrogens (tertiary/aromatic N) is 4. The molecule has 2 aromatic heterocycles. The molecule has 24 heavy (non-hydrogen) atoms. The van der Waals surface area contributed by atoms with Gasteiger partial charge in [0, 0.05) is 50.4 Å². The Hall–Kier alpha value is -1.09. The first-order chi connectivity index (χ1) is 11.0. The molecule has 134 valence electrons. The van der Waals surface area contributed by atoms with Crippen molar-refractivity contribution in [2.75, 3.05) is 20.1 Å². The molecule has 0 radical (unpaired) electrons. The van der Waals surface area contributed by atoms with Crippen LogP contribution in [0.4, 0.5) is 0 Å². The minimum absolute atomic E-state index is 0. The quantitative estimate of drug-likeness (QED) is 0.408. The summed E-state index contributed by atoms with van der Waals surface area (Å²) in [6.07, 6.45) is 3.02. The highest BCUT2D eigenvalue weighted by molar-refractivity contribution is 14.0. The Morgan fingerprint density at radius 2 is 2.17 bits per heavy atom. The Morgan fingerprint density at radius 3 is 2.71 bits per heavy atom. The Labute approximate surface area is 166 Å². The molecule has 0 fully saturated rings. The molecule has 0 atom stereocenters. The third-order valence-corrected chi connectivity index (χ3v) is 4.88. The first-order valence-corrected chi connectivity index (χ1v) is 8.85. The third-order valence-electron chi connectivity index (χ3n) is 3.75. The van der Waals surface area contributed by atoms with Crippen LogP contribution >= 0.6 is 35.3 Å². The van der Waals surface area contributed by atoms with E-state index in [1.165, 1.54) is 10.6 Å². The number of hydrogen-bond acceptors (Lipinski definition) is 3. The van der Waals surface area contributed by atoms with Crippen molar-refractivity contribution >= 4 is 41.3 Å². The van der Waals surface area contributed by atoms with Crippen LogP contribution in [0.3, 0.4) is 0 Å². The molecule has 0 aliphatic rings. The number of thiazole rings is 1. The molecule has 2 rings (SSSR count). The number of rotatable bonds is 6. The van der Waals surface area contributed by atoms with Crippen molar-refractivity contribution in [3.05, 3.63) is 39.6 Å². The van der Waals surface area contributed by atoms with E-state index in [-0.39, 0.29) is 24.0 Å². The van der Waals surface area contributed by atoms with Gasteiger partial charge in [-0.25, -0.2) is 4.98 Å². The van der Waals surface area contributed by atoms with E-state index >= 15 is 0 Å². The molecule has 0 aromatic carbocycles. The van der Waals surface area contributed by atoms with E-state index in [1.54, 1.807) is 11.3 Å². The van der Waals surface area contributed by atoms with E-state index in [9.17, 15) is 0 Å². The van der Waals surface area contributed by atoms with Gasteiger partial charge in [0.15, 0.2) is 5.96 Å². The molecule has 0 amide bonds. The average Bonchev–Trinajstić information content (AvgIpc) is 3.04. The molecule has 0 bridgehead atoms. The van der Waals surface area contributed by atoms with Crippen molar-refractivity contribution in [1.29, 1.82) is 0 Å². The monoisotopic (exact) mass is 461 g/mol. The lowest BCUT2D eigenvalue weighted by molar-refractivity contribution is 0.462. The number of guanidine groups is 1. The second kappa shape index (κ2) is 10.0. The highest BCUT2D eigenvalue weighted by Gasteiger charge is 2.09. The summed E-state index contributed by atoms with van der Waals surface area (Å²) in [6, 6.07) is 4.21. The summed E-state index contributed by atoms with van der Waals surface area (Å²) in [4.78, 5) is 12.8. The summed E-state index contributed by atoms with van der Waals surface area (Å²) in [5.41, 5.74) is 2.41. The van der Waals surface area contributed by atoms with Crippen LogP contribution in [0, 0.1) is 13.8 Å². The molecular formula is C17H28IN5S. The molecule has 1 N–H and O–H groups in total. The van der Waals surface area contributed by atoms with Gasteiger partial charge >= 0.3 is 0 Å². The van der Waals surface area contributed by atoms with Crippen LogP contribution in [0.1, 0.15) is 28.2 Å². The number of aromatic nitrogens is 2. The topological polar surface area (TPSA) is 45.5 Å². The fraction of sp³-hybridized carbons (Fsp3) is 0.529. The van der Waals surface area contributed by atoms with E-state index in [4.69, 9.17) is 4.99 Å². The van der Waals surface area contributed by atoms with Gasteiger partial charge in [0.25, 0.3) is 0 Å². The number of aliphatic imine (C=N–C) groups is 1. The second-order valence-electron chi connectivity index (χ2n) is 5.69.